The molecular weight excluding hydrogens is 640 g/mol. The summed E-state index contributed by atoms with van der Waals surface area (Å²) in [7, 11) is 0. The predicted octanol–water partition coefficient (Wildman–Crippen LogP) is 7.14. The Labute approximate surface area is 222 Å². The Balaban J connectivity index is 0.000000185. The van der Waals surface area contributed by atoms with Crippen molar-refractivity contribution in [2.75, 3.05) is 6.54 Å². The van der Waals surface area contributed by atoms with E-state index in [9.17, 15) is 13.2 Å². The Morgan fingerprint density at radius 2 is 1.83 bits per heavy atom. The number of pyridine rings is 1. The van der Waals surface area contributed by atoms with Crippen LogP contribution in [0.3, 0.4) is 0 Å². The fourth-order valence-electron chi connectivity index (χ4n) is 4.25. The van der Waals surface area contributed by atoms with Crippen molar-refractivity contribution in [2.24, 2.45) is 0 Å². The first-order valence-electron chi connectivity index (χ1n) is 11.2. The van der Waals surface area contributed by atoms with Crippen molar-refractivity contribution in [2.45, 2.75) is 19.5 Å². The molecule has 1 unspecified atom stereocenters. The zero-order chi connectivity index (χ0) is 24.4. The normalized spacial score (nSPS) is 15.1. The van der Waals surface area contributed by atoms with Crippen LogP contribution in [0, 0.1) is 36.5 Å². The van der Waals surface area contributed by atoms with E-state index in [0.29, 0.717) is 0 Å². The van der Waals surface area contributed by atoms with Crippen LogP contribution in [0.2, 0.25) is 0 Å². The number of halogens is 3. The third kappa shape index (κ3) is 5.08. The Morgan fingerprint density at radius 1 is 1.03 bits per heavy atom. The van der Waals surface area contributed by atoms with Gasteiger partial charge in [0.25, 0.3) is 0 Å². The van der Waals surface area contributed by atoms with Crippen LogP contribution in [-0.4, -0.2) is 16.4 Å². The van der Waals surface area contributed by atoms with Crippen LogP contribution < -0.4 is 0 Å². The number of aryl methyl sites for hydroxylation is 1. The van der Waals surface area contributed by atoms with Gasteiger partial charge in [0.15, 0.2) is 0 Å². The molecule has 1 atom stereocenters. The molecule has 3 nitrogen and oxygen atoms in total. The molecule has 2 aliphatic rings. The maximum atomic E-state index is 13.9. The van der Waals surface area contributed by atoms with Crippen LogP contribution in [-0.2, 0) is 26.5 Å². The zero-order valence-corrected chi connectivity index (χ0v) is 21.7. The summed E-state index contributed by atoms with van der Waals surface area (Å²) in [4.78, 5) is 6.37. The molecule has 0 radical (unpaired) electrons. The van der Waals surface area contributed by atoms with E-state index in [0.717, 1.165) is 35.7 Å². The van der Waals surface area contributed by atoms with Gasteiger partial charge in [0.2, 0.25) is 0 Å². The summed E-state index contributed by atoms with van der Waals surface area (Å²) in [6.07, 6.45) is 6.86. The van der Waals surface area contributed by atoms with E-state index >= 15 is 0 Å². The number of hydrogen-bond donors (Lipinski definition) is 0. The van der Waals surface area contributed by atoms with Gasteiger partial charge < -0.3 is 15.2 Å². The largest absolute Gasteiger partial charge is 3.00 e. The van der Waals surface area contributed by atoms with E-state index in [4.69, 9.17) is 0 Å². The van der Waals surface area contributed by atoms with Crippen molar-refractivity contribution < 1.29 is 33.3 Å². The van der Waals surface area contributed by atoms with Crippen LogP contribution in [0.15, 0.2) is 79.3 Å². The predicted molar refractivity (Wildman–Crippen MR) is 129 cm³/mol. The second kappa shape index (κ2) is 11.1. The molecule has 0 saturated carbocycles. The summed E-state index contributed by atoms with van der Waals surface area (Å²) in [5.74, 6) is -4.07. The molecule has 0 spiro atoms. The Bertz CT molecular complexity index is 1390. The maximum absolute atomic E-state index is 13.9. The standard InChI is InChI=1S/C18H11F3N.C11H10N2.Ir/c1-11-10-22-16(9-14(11)12-5-3-2-4-6-12)13-7-8-15(19)18(21)17(13)20;1-2-4-10-9(3-1)5-7-13-8-6-12-11(10)13;/h2-6,8-10H,1H3;1-3,6,8,11H,5,7H2;/q-1;-2;+3. The molecule has 0 saturated heterocycles. The molecule has 4 aromatic rings. The average molecular weight is 661 g/mol. The smallest absolute Gasteiger partial charge is 0.668 e. The molecule has 0 aliphatic carbocycles. The summed E-state index contributed by atoms with van der Waals surface area (Å²) in [6, 6.07) is 23.8. The SMILES string of the molecule is Cc1cnc(-c2[c-]cc(F)c(F)c2F)cc1-c1ccccc1.[Ir+3].[c-]1cccc2c1C1[N-]C=CN1CC2. The summed E-state index contributed by atoms with van der Waals surface area (Å²) in [5, 5.41) is 4.41. The van der Waals surface area contributed by atoms with E-state index in [-0.39, 0.29) is 37.5 Å². The van der Waals surface area contributed by atoms with Gasteiger partial charge in [0.05, 0.1) is 11.6 Å². The van der Waals surface area contributed by atoms with Crippen molar-refractivity contribution in [1.29, 1.82) is 0 Å². The third-order valence-electron chi connectivity index (χ3n) is 6.08. The summed E-state index contributed by atoms with van der Waals surface area (Å²) in [6.45, 7) is 2.96. The molecule has 0 bridgehead atoms. The monoisotopic (exact) mass is 661 g/mol. The second-order valence-electron chi connectivity index (χ2n) is 8.31. The van der Waals surface area contributed by atoms with Gasteiger partial charge in [-0.3, -0.25) is 8.78 Å². The van der Waals surface area contributed by atoms with E-state index in [1.54, 1.807) is 12.3 Å². The van der Waals surface area contributed by atoms with Crippen molar-refractivity contribution in [3.63, 3.8) is 0 Å². The Kier molecular flexibility index (Phi) is 7.92. The van der Waals surface area contributed by atoms with Gasteiger partial charge in [-0.25, -0.2) is 4.39 Å². The van der Waals surface area contributed by atoms with Crippen molar-refractivity contribution >= 4 is 0 Å². The summed E-state index contributed by atoms with van der Waals surface area (Å²) < 4.78 is 40.3. The molecule has 1 aromatic heterocycles. The van der Waals surface area contributed by atoms with Crippen LogP contribution >= 0.6 is 0 Å². The number of nitrogens with zero attached hydrogens (tertiary/aromatic N) is 3. The van der Waals surface area contributed by atoms with Gasteiger partial charge in [-0.2, -0.15) is 41.6 Å². The number of aromatic nitrogens is 1. The number of hydrogen-bond acceptors (Lipinski definition) is 2. The summed E-state index contributed by atoms with van der Waals surface area (Å²) in [5.41, 5.74) is 5.36. The summed E-state index contributed by atoms with van der Waals surface area (Å²) >= 11 is 0. The minimum atomic E-state index is -1.52. The fourth-order valence-corrected chi connectivity index (χ4v) is 4.25. The molecular formula is C29H21F3IrN3. The Morgan fingerprint density at radius 3 is 2.64 bits per heavy atom. The molecule has 3 aromatic carbocycles. The van der Waals surface area contributed by atoms with Gasteiger partial charge in [0.1, 0.15) is 5.82 Å². The van der Waals surface area contributed by atoms with Crippen LogP contribution in [0.1, 0.15) is 22.9 Å². The first-order valence-corrected chi connectivity index (χ1v) is 11.2. The number of fused-ring (bicyclic) bond motifs is 3. The first kappa shape index (κ1) is 25.7. The first-order chi connectivity index (χ1) is 17.0. The minimum Gasteiger partial charge on any atom is -0.668 e. The van der Waals surface area contributed by atoms with Gasteiger partial charge in [-0.1, -0.05) is 48.4 Å². The Hall–Kier alpha value is -3.41. The van der Waals surface area contributed by atoms with Gasteiger partial charge in [0, 0.05) is 12.7 Å². The molecule has 3 heterocycles. The molecule has 36 heavy (non-hydrogen) atoms. The maximum Gasteiger partial charge on any atom is 3.00 e. The molecule has 6 rings (SSSR count). The van der Waals surface area contributed by atoms with Gasteiger partial charge >= 0.3 is 20.1 Å². The average Bonchev–Trinajstić information content (AvgIpc) is 3.39. The van der Waals surface area contributed by atoms with Crippen molar-refractivity contribution in [1.82, 2.24) is 9.88 Å². The van der Waals surface area contributed by atoms with Crippen LogP contribution in [0.4, 0.5) is 13.2 Å². The second-order valence-corrected chi connectivity index (χ2v) is 8.31. The van der Waals surface area contributed by atoms with Crippen LogP contribution in [0.25, 0.3) is 27.7 Å². The van der Waals surface area contributed by atoms with Gasteiger partial charge in [-0.15, -0.1) is 12.1 Å². The number of rotatable bonds is 2. The number of benzene rings is 3. The van der Waals surface area contributed by atoms with E-state index in [1.165, 1.54) is 11.1 Å². The molecule has 182 valence electrons. The molecule has 0 amide bonds. The van der Waals surface area contributed by atoms with Crippen molar-refractivity contribution in [3.05, 3.63) is 131 Å². The minimum absolute atomic E-state index is 0. The molecule has 7 heteroatoms. The third-order valence-corrected chi connectivity index (χ3v) is 6.08. The fraction of sp³-hybridized carbons (Fsp3) is 0.138. The van der Waals surface area contributed by atoms with E-state index in [1.807, 2.05) is 49.5 Å². The van der Waals surface area contributed by atoms with Gasteiger partial charge in [-0.05, 0) is 41.7 Å². The zero-order valence-electron chi connectivity index (χ0n) is 19.3. The topological polar surface area (TPSA) is 30.2 Å². The van der Waals surface area contributed by atoms with E-state index in [2.05, 4.69) is 45.7 Å². The molecule has 2 aliphatic heterocycles. The van der Waals surface area contributed by atoms with Crippen LogP contribution in [0.5, 0.6) is 0 Å². The molecule has 0 N–H and O–H groups in total. The van der Waals surface area contributed by atoms with E-state index < -0.39 is 17.5 Å². The molecule has 0 fully saturated rings. The quantitative estimate of drug-likeness (QED) is 0.169. The van der Waals surface area contributed by atoms with Crippen molar-refractivity contribution in [3.8, 4) is 22.4 Å².